The molecule has 0 fully saturated rings. The molecule has 2 aromatic carbocycles. The van der Waals surface area contributed by atoms with Gasteiger partial charge >= 0.3 is 11.9 Å². The number of rotatable bonds is 5. The van der Waals surface area contributed by atoms with Crippen molar-refractivity contribution in [3.8, 4) is 11.5 Å². The van der Waals surface area contributed by atoms with E-state index in [1.165, 1.54) is 0 Å². The third-order valence-electron chi connectivity index (χ3n) is 4.38. The summed E-state index contributed by atoms with van der Waals surface area (Å²) in [5.41, 5.74) is 2.34. The molecule has 30 heavy (non-hydrogen) atoms. The molecular weight excluding hydrogens is 388 g/mol. The highest BCUT2D eigenvalue weighted by molar-refractivity contribution is 5.95. The third-order valence-corrected chi connectivity index (χ3v) is 4.38. The molecule has 0 saturated heterocycles. The Hall–Kier alpha value is -3.94. The predicted octanol–water partition coefficient (Wildman–Crippen LogP) is 4.23. The number of H-pyrrole nitrogens is 2. The summed E-state index contributed by atoms with van der Waals surface area (Å²) in [6.07, 6.45) is 0. The predicted molar refractivity (Wildman–Crippen MR) is 113 cm³/mol. The molecule has 156 valence electrons. The lowest BCUT2D eigenvalue weighted by molar-refractivity contribution is 0.0520. The van der Waals surface area contributed by atoms with Gasteiger partial charge in [0.25, 0.3) is 0 Å². The minimum Gasteiger partial charge on any atom is -0.497 e. The van der Waals surface area contributed by atoms with Gasteiger partial charge < -0.3 is 29.3 Å². The lowest BCUT2D eigenvalue weighted by atomic mass is 10.2. The zero-order valence-corrected chi connectivity index (χ0v) is 16.8. The highest BCUT2D eigenvalue weighted by Gasteiger charge is 2.10. The highest BCUT2D eigenvalue weighted by Crippen LogP contribution is 2.22. The van der Waals surface area contributed by atoms with Crippen LogP contribution in [0.1, 0.15) is 27.9 Å². The maximum Gasteiger partial charge on any atom is 0.354 e. The number of hydrogen-bond donors (Lipinski definition) is 3. The van der Waals surface area contributed by atoms with Crippen molar-refractivity contribution in [2.75, 3.05) is 20.8 Å². The van der Waals surface area contributed by atoms with E-state index in [0.717, 1.165) is 27.6 Å². The number of carboxylic acid groups (broad SMARTS) is 1. The lowest BCUT2D eigenvalue weighted by Crippen LogP contribution is -2.04. The summed E-state index contributed by atoms with van der Waals surface area (Å²) in [6.45, 7) is 2.15. The summed E-state index contributed by atoms with van der Waals surface area (Å²) in [6, 6.07) is 14.3. The largest absolute Gasteiger partial charge is 0.497 e. The number of benzene rings is 2. The number of carbonyl (C=O) groups is 2. The second-order valence-electron chi connectivity index (χ2n) is 6.30. The van der Waals surface area contributed by atoms with E-state index in [0.29, 0.717) is 18.1 Å². The van der Waals surface area contributed by atoms with Crippen LogP contribution in [0.4, 0.5) is 0 Å². The van der Waals surface area contributed by atoms with Gasteiger partial charge in [0, 0.05) is 21.8 Å². The average Bonchev–Trinajstić information content (AvgIpc) is 3.37. The van der Waals surface area contributed by atoms with Crippen molar-refractivity contribution >= 4 is 33.7 Å². The summed E-state index contributed by atoms with van der Waals surface area (Å²) >= 11 is 0. The first-order valence-corrected chi connectivity index (χ1v) is 9.19. The molecule has 4 rings (SSSR count). The van der Waals surface area contributed by atoms with Gasteiger partial charge in [0.05, 0.1) is 20.8 Å². The van der Waals surface area contributed by atoms with Crippen molar-refractivity contribution in [3.63, 3.8) is 0 Å². The molecule has 2 heterocycles. The van der Waals surface area contributed by atoms with E-state index in [-0.39, 0.29) is 11.7 Å². The monoisotopic (exact) mass is 410 g/mol. The molecule has 0 radical (unpaired) electrons. The van der Waals surface area contributed by atoms with Gasteiger partial charge in [-0.1, -0.05) is 0 Å². The molecule has 0 amide bonds. The van der Waals surface area contributed by atoms with E-state index in [4.69, 9.17) is 19.3 Å². The molecular formula is C22H22N2O6. The van der Waals surface area contributed by atoms with E-state index in [2.05, 4.69) is 9.97 Å². The molecule has 8 nitrogen and oxygen atoms in total. The Morgan fingerprint density at radius 1 is 0.833 bits per heavy atom. The van der Waals surface area contributed by atoms with E-state index in [1.807, 2.05) is 18.2 Å². The summed E-state index contributed by atoms with van der Waals surface area (Å²) in [7, 11) is 3.19. The van der Waals surface area contributed by atoms with Crippen molar-refractivity contribution in [3.05, 3.63) is 59.9 Å². The molecule has 0 bridgehead atoms. The molecule has 4 aromatic rings. The lowest BCUT2D eigenvalue weighted by Gasteiger charge is -1.97. The van der Waals surface area contributed by atoms with Crippen LogP contribution >= 0.6 is 0 Å². The van der Waals surface area contributed by atoms with Crippen LogP contribution in [0, 0.1) is 0 Å². The first-order valence-electron chi connectivity index (χ1n) is 9.19. The number of carbonyl (C=O) groups excluding carboxylic acids is 1. The molecule has 3 N–H and O–H groups in total. The fourth-order valence-corrected chi connectivity index (χ4v) is 2.91. The van der Waals surface area contributed by atoms with Crippen LogP contribution in [-0.2, 0) is 4.74 Å². The number of hydrogen-bond acceptors (Lipinski definition) is 5. The third kappa shape index (κ3) is 4.54. The van der Waals surface area contributed by atoms with E-state index < -0.39 is 5.97 Å². The number of aromatic amines is 2. The number of aromatic nitrogens is 2. The van der Waals surface area contributed by atoms with Crippen LogP contribution < -0.4 is 9.47 Å². The van der Waals surface area contributed by atoms with Crippen molar-refractivity contribution in [2.24, 2.45) is 0 Å². The van der Waals surface area contributed by atoms with Crippen LogP contribution in [-0.4, -0.2) is 47.8 Å². The maximum absolute atomic E-state index is 11.5. The number of carboxylic acids is 1. The number of ether oxygens (including phenoxy) is 3. The number of methoxy groups -OCH3 is 2. The molecule has 2 aromatic heterocycles. The molecule has 0 spiro atoms. The number of esters is 1. The number of nitrogens with one attached hydrogen (secondary N) is 2. The van der Waals surface area contributed by atoms with Crippen molar-refractivity contribution in [2.45, 2.75) is 6.92 Å². The highest BCUT2D eigenvalue weighted by atomic mass is 16.5. The minimum absolute atomic E-state index is 0.188. The summed E-state index contributed by atoms with van der Waals surface area (Å²) < 4.78 is 15.1. The van der Waals surface area contributed by atoms with Gasteiger partial charge in [-0.2, -0.15) is 0 Å². The number of fused-ring (bicyclic) bond motifs is 2. The van der Waals surface area contributed by atoms with Gasteiger partial charge in [-0.3, -0.25) is 0 Å². The van der Waals surface area contributed by atoms with Gasteiger partial charge in [0.2, 0.25) is 0 Å². The topological polar surface area (TPSA) is 114 Å². The van der Waals surface area contributed by atoms with Crippen molar-refractivity contribution in [1.29, 1.82) is 0 Å². The van der Waals surface area contributed by atoms with Gasteiger partial charge in [-0.25, -0.2) is 9.59 Å². The first kappa shape index (κ1) is 20.8. The second kappa shape index (κ2) is 9.04. The van der Waals surface area contributed by atoms with Gasteiger partial charge in [0.1, 0.15) is 22.9 Å². The van der Waals surface area contributed by atoms with Gasteiger partial charge in [-0.05, 0) is 55.5 Å². The number of aromatic carboxylic acids is 1. The van der Waals surface area contributed by atoms with Crippen LogP contribution in [0.2, 0.25) is 0 Å². The van der Waals surface area contributed by atoms with E-state index >= 15 is 0 Å². The van der Waals surface area contributed by atoms with Crippen LogP contribution in [0.5, 0.6) is 11.5 Å². The molecule has 0 aliphatic heterocycles. The van der Waals surface area contributed by atoms with Crippen LogP contribution in [0.3, 0.4) is 0 Å². The molecule has 0 aliphatic rings. The van der Waals surface area contributed by atoms with Crippen molar-refractivity contribution in [1.82, 2.24) is 9.97 Å². The van der Waals surface area contributed by atoms with Crippen LogP contribution in [0.15, 0.2) is 48.5 Å². The smallest absolute Gasteiger partial charge is 0.354 e. The Bertz CT molecular complexity index is 1190. The first-order chi connectivity index (χ1) is 14.4. The van der Waals surface area contributed by atoms with Gasteiger partial charge in [-0.15, -0.1) is 0 Å². The zero-order chi connectivity index (χ0) is 21.7. The molecule has 0 saturated carbocycles. The minimum atomic E-state index is -0.958. The Kier molecular flexibility index (Phi) is 6.26. The normalized spacial score (nSPS) is 10.4. The van der Waals surface area contributed by atoms with E-state index in [9.17, 15) is 9.59 Å². The maximum atomic E-state index is 11.5. The molecule has 0 atom stereocenters. The molecule has 8 heteroatoms. The summed E-state index contributed by atoms with van der Waals surface area (Å²) in [4.78, 5) is 27.9. The Balaban J connectivity index is 0.000000172. The Morgan fingerprint density at radius 3 is 1.80 bits per heavy atom. The molecule has 0 unspecified atom stereocenters. The average molecular weight is 410 g/mol. The summed E-state index contributed by atoms with van der Waals surface area (Å²) in [5, 5.41) is 10.5. The van der Waals surface area contributed by atoms with Crippen LogP contribution in [0.25, 0.3) is 21.8 Å². The summed E-state index contributed by atoms with van der Waals surface area (Å²) in [5.74, 6) is 0.188. The fourth-order valence-electron chi connectivity index (χ4n) is 2.91. The molecule has 0 aliphatic carbocycles. The van der Waals surface area contributed by atoms with Crippen molar-refractivity contribution < 1.29 is 28.9 Å². The Morgan fingerprint density at radius 2 is 1.33 bits per heavy atom. The van der Waals surface area contributed by atoms with Gasteiger partial charge in [0.15, 0.2) is 0 Å². The van der Waals surface area contributed by atoms with E-state index in [1.54, 1.807) is 51.5 Å². The Labute approximate surface area is 172 Å². The zero-order valence-electron chi connectivity index (χ0n) is 16.8. The second-order valence-corrected chi connectivity index (χ2v) is 6.30. The SMILES string of the molecule is CCOC(=O)c1cc2cc(OC)ccc2[nH]1.COc1ccc2[nH]c(C(=O)O)cc2c1. The fraction of sp³-hybridized carbons (Fsp3) is 0.182. The quantitative estimate of drug-likeness (QED) is 0.424. The standard InChI is InChI=1S/C12H13NO3.C10H9NO3/c1-3-16-12(14)11-7-8-6-9(15-2)4-5-10(8)13-11;1-14-7-2-3-8-6(4-7)5-9(11-8)10(12)13/h4-7,13H,3H2,1-2H3;2-5,11H,1H3,(H,12,13).